The molecular weight excluding hydrogens is 330 g/mol. The molecule has 0 heterocycles. The van der Waals surface area contributed by atoms with E-state index in [2.05, 4.69) is 10.6 Å². The molecule has 6 heteroatoms. The Balaban J connectivity index is 2.07. The lowest BCUT2D eigenvalue weighted by Gasteiger charge is -2.20. The minimum absolute atomic E-state index is 0.108. The first-order chi connectivity index (χ1) is 12.6. The van der Waals surface area contributed by atoms with Gasteiger partial charge in [0.05, 0.1) is 12.5 Å². The maximum absolute atomic E-state index is 12.7. The molecule has 0 aliphatic carbocycles. The van der Waals surface area contributed by atoms with Crippen LogP contribution in [0.4, 0.5) is 5.69 Å². The summed E-state index contributed by atoms with van der Waals surface area (Å²) >= 11 is 0. The van der Waals surface area contributed by atoms with Gasteiger partial charge < -0.3 is 21.1 Å². The normalized spacial score (nSPS) is 12.8. The number of hydrogen-bond acceptors (Lipinski definition) is 4. The van der Waals surface area contributed by atoms with Gasteiger partial charge >= 0.3 is 0 Å². The zero-order valence-electron chi connectivity index (χ0n) is 14.9. The second-order valence-corrected chi connectivity index (χ2v) is 5.96. The molecule has 0 aliphatic rings. The molecule has 0 aliphatic heterocycles. The molecule has 2 amide bonds. The number of anilines is 1. The van der Waals surface area contributed by atoms with E-state index >= 15 is 0 Å². The van der Waals surface area contributed by atoms with Gasteiger partial charge in [-0.15, -0.1) is 0 Å². The first-order valence-corrected chi connectivity index (χ1v) is 8.54. The van der Waals surface area contributed by atoms with Crippen LogP contribution in [0.2, 0.25) is 0 Å². The van der Waals surface area contributed by atoms with Crippen molar-refractivity contribution < 1.29 is 14.3 Å². The van der Waals surface area contributed by atoms with E-state index in [9.17, 15) is 9.59 Å². The van der Waals surface area contributed by atoms with Crippen molar-refractivity contribution in [3.63, 3.8) is 0 Å². The first-order valence-electron chi connectivity index (χ1n) is 8.54. The molecule has 0 fully saturated rings. The number of methoxy groups -OCH3 is 1. The smallest absolute Gasteiger partial charge is 0.247 e. The summed E-state index contributed by atoms with van der Waals surface area (Å²) in [6.45, 7) is 0.240. The van der Waals surface area contributed by atoms with Crippen molar-refractivity contribution >= 4 is 17.5 Å². The minimum Gasteiger partial charge on any atom is -0.380 e. The van der Waals surface area contributed by atoms with Crippen molar-refractivity contribution in [1.82, 2.24) is 5.32 Å². The van der Waals surface area contributed by atoms with Crippen LogP contribution in [0.5, 0.6) is 0 Å². The summed E-state index contributed by atoms with van der Waals surface area (Å²) < 4.78 is 5.14. The predicted octanol–water partition coefficient (Wildman–Crippen LogP) is 1.72. The average Bonchev–Trinajstić information content (AvgIpc) is 2.67. The Morgan fingerprint density at radius 2 is 1.65 bits per heavy atom. The van der Waals surface area contributed by atoms with Crippen LogP contribution in [-0.4, -0.2) is 37.6 Å². The lowest BCUT2D eigenvalue weighted by atomic mass is 10.0. The summed E-state index contributed by atoms with van der Waals surface area (Å²) in [5.41, 5.74) is 7.21. The Morgan fingerprint density at radius 1 is 1.04 bits per heavy atom. The Morgan fingerprint density at radius 3 is 2.23 bits per heavy atom. The molecular formula is C20H25N3O3. The highest BCUT2D eigenvalue weighted by atomic mass is 16.5. The molecule has 2 atom stereocenters. The molecule has 0 saturated heterocycles. The molecule has 0 spiro atoms. The highest BCUT2D eigenvalue weighted by molar-refractivity contribution is 5.97. The van der Waals surface area contributed by atoms with Crippen LogP contribution in [0.25, 0.3) is 0 Å². The summed E-state index contributed by atoms with van der Waals surface area (Å²) in [5.74, 6) is -0.540. The number of benzene rings is 2. The number of nitrogens with one attached hydrogen (secondary N) is 2. The van der Waals surface area contributed by atoms with Gasteiger partial charge in [0.15, 0.2) is 0 Å². The Bertz CT molecular complexity index is 688. The van der Waals surface area contributed by atoms with Crippen molar-refractivity contribution in [2.75, 3.05) is 19.0 Å². The predicted molar refractivity (Wildman–Crippen MR) is 102 cm³/mol. The lowest BCUT2D eigenvalue weighted by Crippen LogP contribution is -2.46. The molecule has 2 unspecified atom stereocenters. The minimum atomic E-state index is -0.694. The topological polar surface area (TPSA) is 93.4 Å². The maximum Gasteiger partial charge on any atom is 0.247 e. The van der Waals surface area contributed by atoms with Gasteiger partial charge in [-0.05, 0) is 17.7 Å². The van der Waals surface area contributed by atoms with Crippen molar-refractivity contribution in [2.24, 2.45) is 5.73 Å². The summed E-state index contributed by atoms with van der Waals surface area (Å²) in [4.78, 5) is 25.0. The molecule has 0 radical (unpaired) electrons. The second-order valence-electron chi connectivity index (χ2n) is 5.96. The van der Waals surface area contributed by atoms with Gasteiger partial charge in [0.25, 0.3) is 0 Å². The van der Waals surface area contributed by atoms with Crippen molar-refractivity contribution in [3.05, 3.63) is 66.2 Å². The highest BCUT2D eigenvalue weighted by Crippen LogP contribution is 2.09. The molecule has 6 nitrogen and oxygen atoms in total. The zero-order valence-corrected chi connectivity index (χ0v) is 14.9. The standard InChI is InChI=1S/C20H25N3O3/c1-26-17(14-21)13-19(24)23-18(12-15-8-4-2-5-9-15)20(25)22-16-10-6-3-7-11-16/h2-11,17-18H,12-14,21H2,1H3,(H,22,25)(H,23,24). The SMILES string of the molecule is COC(CN)CC(=O)NC(Cc1ccccc1)C(=O)Nc1ccccc1. The molecule has 26 heavy (non-hydrogen) atoms. The van der Waals surface area contributed by atoms with Crippen LogP contribution in [0.1, 0.15) is 12.0 Å². The molecule has 2 aromatic carbocycles. The molecule has 0 bridgehead atoms. The molecule has 0 aromatic heterocycles. The number of hydrogen-bond donors (Lipinski definition) is 3. The number of para-hydroxylation sites is 1. The summed E-state index contributed by atoms with van der Waals surface area (Å²) in [5, 5.41) is 5.64. The number of nitrogens with two attached hydrogens (primary N) is 1. The number of carbonyl (C=O) groups is 2. The van der Waals surface area contributed by atoms with Crippen LogP contribution in [0.3, 0.4) is 0 Å². The third-order valence-electron chi connectivity index (χ3n) is 3.98. The number of carbonyl (C=O) groups excluding carboxylic acids is 2. The van der Waals surface area contributed by atoms with Gasteiger partial charge in [0.1, 0.15) is 6.04 Å². The van der Waals surface area contributed by atoms with E-state index in [1.54, 1.807) is 12.1 Å². The Hall–Kier alpha value is -2.70. The maximum atomic E-state index is 12.7. The van der Waals surface area contributed by atoms with E-state index in [1.165, 1.54) is 7.11 Å². The third kappa shape index (κ3) is 6.31. The van der Waals surface area contributed by atoms with Gasteiger partial charge in [-0.1, -0.05) is 48.5 Å². The summed E-state index contributed by atoms with van der Waals surface area (Å²) in [6, 6.07) is 18.0. The van der Waals surface area contributed by atoms with E-state index in [4.69, 9.17) is 10.5 Å². The van der Waals surface area contributed by atoms with Gasteiger partial charge in [-0.25, -0.2) is 0 Å². The monoisotopic (exact) mass is 355 g/mol. The number of rotatable bonds is 9. The number of amides is 2. The van der Waals surface area contributed by atoms with Crippen molar-refractivity contribution in [2.45, 2.75) is 25.0 Å². The second kappa shape index (κ2) is 10.3. The van der Waals surface area contributed by atoms with Gasteiger partial charge in [-0.2, -0.15) is 0 Å². The summed E-state index contributed by atoms with van der Waals surface area (Å²) in [6.07, 6.45) is 0.132. The number of ether oxygens (including phenoxy) is 1. The Kier molecular flexibility index (Phi) is 7.79. The largest absolute Gasteiger partial charge is 0.380 e. The van der Waals surface area contributed by atoms with Crippen LogP contribution < -0.4 is 16.4 Å². The van der Waals surface area contributed by atoms with Gasteiger partial charge in [0.2, 0.25) is 11.8 Å². The van der Waals surface area contributed by atoms with Crippen molar-refractivity contribution in [1.29, 1.82) is 0 Å². The third-order valence-corrected chi connectivity index (χ3v) is 3.98. The average molecular weight is 355 g/mol. The van der Waals surface area contributed by atoms with Crippen LogP contribution in [0.15, 0.2) is 60.7 Å². The first kappa shape index (κ1) is 19.6. The zero-order chi connectivity index (χ0) is 18.8. The van der Waals surface area contributed by atoms with E-state index in [0.717, 1.165) is 5.56 Å². The molecule has 0 saturated carbocycles. The molecule has 4 N–H and O–H groups in total. The fourth-order valence-electron chi connectivity index (χ4n) is 2.53. The fraction of sp³-hybridized carbons (Fsp3) is 0.300. The van der Waals surface area contributed by atoms with Crippen LogP contribution >= 0.6 is 0 Å². The fourth-order valence-corrected chi connectivity index (χ4v) is 2.53. The van der Waals surface area contributed by atoms with Crippen LogP contribution in [-0.2, 0) is 20.7 Å². The van der Waals surface area contributed by atoms with E-state index in [1.807, 2.05) is 48.5 Å². The van der Waals surface area contributed by atoms with E-state index < -0.39 is 6.04 Å². The van der Waals surface area contributed by atoms with Gasteiger partial charge in [-0.3, -0.25) is 9.59 Å². The molecule has 2 rings (SSSR count). The van der Waals surface area contributed by atoms with Crippen molar-refractivity contribution in [3.8, 4) is 0 Å². The van der Waals surface area contributed by atoms with E-state index in [-0.39, 0.29) is 30.9 Å². The molecule has 138 valence electrons. The molecule has 2 aromatic rings. The van der Waals surface area contributed by atoms with E-state index in [0.29, 0.717) is 12.1 Å². The quantitative estimate of drug-likeness (QED) is 0.638. The lowest BCUT2D eigenvalue weighted by molar-refractivity contribution is -0.128. The Labute approximate surface area is 153 Å². The van der Waals surface area contributed by atoms with Gasteiger partial charge in [0, 0.05) is 25.8 Å². The summed E-state index contributed by atoms with van der Waals surface area (Å²) in [7, 11) is 1.51. The van der Waals surface area contributed by atoms with Crippen LogP contribution in [0, 0.1) is 0 Å². The highest BCUT2D eigenvalue weighted by Gasteiger charge is 2.23.